The zero-order valence-corrected chi connectivity index (χ0v) is 29.7. The van der Waals surface area contributed by atoms with Gasteiger partial charge in [-0.2, -0.15) is 10.5 Å². The van der Waals surface area contributed by atoms with E-state index in [1.807, 2.05) is 17.9 Å². The smallest absolute Gasteiger partial charge is 0.354 e. The van der Waals surface area contributed by atoms with Crippen LogP contribution >= 0.6 is 0 Å². The van der Waals surface area contributed by atoms with Crippen molar-refractivity contribution < 1.29 is 33.8 Å². The van der Waals surface area contributed by atoms with Crippen LogP contribution in [0, 0.1) is 22.7 Å². The Balaban J connectivity index is 0.000000198. The fourth-order valence-corrected chi connectivity index (χ4v) is 6.90. The molecule has 0 atom stereocenters. The molecule has 0 amide bonds. The maximum absolute atomic E-state index is 12.5. The Labute approximate surface area is 297 Å². The summed E-state index contributed by atoms with van der Waals surface area (Å²) in [5.41, 5.74) is 4.15. The molecule has 4 heterocycles. The number of carbonyl (C=O) groups is 4. The molecule has 1 N–H and O–H groups in total. The summed E-state index contributed by atoms with van der Waals surface area (Å²) < 4.78 is 11.1. The van der Waals surface area contributed by atoms with Gasteiger partial charge in [0, 0.05) is 83.2 Å². The van der Waals surface area contributed by atoms with Crippen LogP contribution in [0.25, 0.3) is 11.4 Å². The molecule has 13 nitrogen and oxygen atoms in total. The highest BCUT2D eigenvalue weighted by Gasteiger charge is 2.37. The molecule has 0 aromatic carbocycles. The first kappa shape index (κ1) is 37.0. The lowest BCUT2D eigenvalue weighted by molar-refractivity contribution is -0.115. The van der Waals surface area contributed by atoms with Crippen LogP contribution in [-0.2, 0) is 31.9 Å². The van der Waals surface area contributed by atoms with Crippen molar-refractivity contribution in [2.24, 2.45) is 0 Å². The van der Waals surface area contributed by atoms with E-state index in [1.165, 1.54) is 12.3 Å². The van der Waals surface area contributed by atoms with E-state index in [2.05, 4.69) is 27.9 Å². The van der Waals surface area contributed by atoms with Crippen molar-refractivity contribution in [3.05, 3.63) is 69.3 Å². The van der Waals surface area contributed by atoms with E-state index in [1.54, 1.807) is 33.4 Å². The molecule has 0 radical (unpaired) electrons. The average Bonchev–Trinajstić information content (AvgIpc) is 3.14. The van der Waals surface area contributed by atoms with E-state index in [4.69, 9.17) is 9.47 Å². The number of carboxylic acids is 1. The fraction of sp³-hybridized carbons (Fsp3) is 0.474. The number of aromatic carboxylic acids is 1. The lowest BCUT2D eigenvalue weighted by Gasteiger charge is -2.41. The normalized spacial score (nSPS) is 19.3. The van der Waals surface area contributed by atoms with Crippen molar-refractivity contribution in [3.63, 3.8) is 0 Å². The standard InChI is InChI=1S/C20H23N3O3.C18H19N3O4/c1-4-17(24)16-10-14-13(12-22-16)9-18(25)15(11-21)19(14)23-7-5-20(2,26-3)6-8-23;1-18(25-2)3-5-21(6-4-18)16-12-8-14(17(23)24)20-10-11(12)7-15(22)13(16)9-19/h10,12H,4-9H2,1-3H3;8,10H,3-7H2,1-2H3,(H,23,24). The Hall–Kier alpha value is -5.24. The molecule has 0 saturated carbocycles. The van der Waals surface area contributed by atoms with Gasteiger partial charge in [-0.15, -0.1) is 0 Å². The highest BCUT2D eigenvalue weighted by molar-refractivity contribution is 6.11. The molecule has 0 bridgehead atoms. The van der Waals surface area contributed by atoms with E-state index in [0.29, 0.717) is 60.8 Å². The van der Waals surface area contributed by atoms with Crippen LogP contribution in [0.1, 0.15) is 96.1 Å². The summed E-state index contributed by atoms with van der Waals surface area (Å²) in [7, 11) is 3.39. The second-order valence-electron chi connectivity index (χ2n) is 13.7. The van der Waals surface area contributed by atoms with Crippen LogP contribution in [0.2, 0.25) is 0 Å². The lowest BCUT2D eigenvalue weighted by atomic mass is 9.86. The minimum Gasteiger partial charge on any atom is -0.477 e. The molecule has 266 valence electrons. The zero-order chi connectivity index (χ0) is 37.1. The molecule has 4 aliphatic rings. The number of Topliss-reactive ketones (excluding diaryl/α,β-unsaturated/α-hetero) is 3. The molecule has 2 saturated heterocycles. The molecular weight excluding hydrogens is 652 g/mol. The molecule has 0 spiro atoms. The summed E-state index contributed by atoms with van der Waals surface area (Å²) in [6, 6.07) is 7.31. The van der Waals surface area contributed by atoms with Gasteiger partial charge in [0.15, 0.2) is 17.3 Å². The number of nitrogens with zero attached hydrogens (tertiary/aromatic N) is 6. The summed E-state index contributed by atoms with van der Waals surface area (Å²) in [5, 5.41) is 28.3. The summed E-state index contributed by atoms with van der Waals surface area (Å²) in [4.78, 5) is 60.4. The Bertz CT molecular complexity index is 1920. The molecule has 2 fully saturated rings. The number of carbonyl (C=O) groups excluding carboxylic acids is 3. The number of nitriles is 2. The number of hydrogen-bond donors (Lipinski definition) is 1. The first-order valence-corrected chi connectivity index (χ1v) is 17.0. The third-order valence-electron chi connectivity index (χ3n) is 10.5. The molecule has 6 rings (SSSR count). The van der Waals surface area contributed by atoms with E-state index in [0.717, 1.165) is 36.8 Å². The van der Waals surface area contributed by atoms with Crippen LogP contribution < -0.4 is 0 Å². The first-order valence-electron chi connectivity index (χ1n) is 17.0. The maximum atomic E-state index is 12.5. The van der Waals surface area contributed by atoms with Gasteiger partial charge < -0.3 is 24.4 Å². The van der Waals surface area contributed by atoms with Crippen LogP contribution in [0.4, 0.5) is 0 Å². The number of allylic oxidation sites excluding steroid dienone is 2. The third-order valence-corrected chi connectivity index (χ3v) is 10.5. The van der Waals surface area contributed by atoms with Gasteiger partial charge >= 0.3 is 5.97 Å². The van der Waals surface area contributed by atoms with Crippen molar-refractivity contribution in [2.75, 3.05) is 40.4 Å². The molecule has 2 aromatic heterocycles. The molecule has 2 aliphatic carbocycles. The van der Waals surface area contributed by atoms with Gasteiger partial charge in [-0.3, -0.25) is 19.4 Å². The number of hydrogen-bond acceptors (Lipinski definition) is 12. The fourth-order valence-electron chi connectivity index (χ4n) is 6.90. The summed E-state index contributed by atoms with van der Waals surface area (Å²) in [6.45, 7) is 8.54. The van der Waals surface area contributed by atoms with Gasteiger partial charge in [0.1, 0.15) is 34.7 Å². The Kier molecular flexibility index (Phi) is 10.8. The van der Waals surface area contributed by atoms with Gasteiger partial charge in [0.25, 0.3) is 0 Å². The number of carboxylic acid groups (broad SMARTS) is 1. The van der Waals surface area contributed by atoms with Gasteiger partial charge in [-0.05, 0) is 62.8 Å². The van der Waals surface area contributed by atoms with Crippen molar-refractivity contribution in [3.8, 4) is 12.1 Å². The van der Waals surface area contributed by atoms with Crippen LogP contribution in [0.3, 0.4) is 0 Å². The summed E-state index contributed by atoms with van der Waals surface area (Å²) >= 11 is 0. The van der Waals surface area contributed by atoms with Crippen molar-refractivity contribution in [1.82, 2.24) is 19.8 Å². The highest BCUT2D eigenvalue weighted by Crippen LogP contribution is 2.38. The summed E-state index contributed by atoms with van der Waals surface area (Å²) in [5.74, 6) is -1.63. The van der Waals surface area contributed by atoms with E-state index in [-0.39, 0.29) is 58.2 Å². The minimum atomic E-state index is -1.14. The highest BCUT2D eigenvalue weighted by atomic mass is 16.5. The van der Waals surface area contributed by atoms with Crippen LogP contribution in [-0.4, -0.2) is 99.8 Å². The minimum absolute atomic E-state index is 0.0480. The molecule has 13 heteroatoms. The number of methoxy groups -OCH3 is 2. The van der Waals surface area contributed by atoms with Crippen molar-refractivity contribution in [1.29, 1.82) is 10.5 Å². The quantitative estimate of drug-likeness (QED) is 0.407. The largest absolute Gasteiger partial charge is 0.477 e. The lowest BCUT2D eigenvalue weighted by Crippen LogP contribution is -2.43. The van der Waals surface area contributed by atoms with Crippen LogP contribution in [0.5, 0.6) is 0 Å². The number of ether oxygens (including phenoxy) is 2. The van der Waals surface area contributed by atoms with Gasteiger partial charge in [0.2, 0.25) is 0 Å². The number of fused-ring (bicyclic) bond motifs is 2. The number of aromatic nitrogens is 2. The molecular formula is C38H42N6O7. The monoisotopic (exact) mass is 694 g/mol. The predicted molar refractivity (Wildman–Crippen MR) is 185 cm³/mol. The molecule has 2 aromatic rings. The Morgan fingerprint density at radius 3 is 1.53 bits per heavy atom. The second kappa shape index (κ2) is 14.9. The number of likely N-dealkylation sites (tertiary alicyclic amines) is 2. The first-order chi connectivity index (χ1) is 24.3. The Morgan fingerprint density at radius 1 is 0.784 bits per heavy atom. The molecule has 51 heavy (non-hydrogen) atoms. The van der Waals surface area contributed by atoms with Gasteiger partial charge in [-0.1, -0.05) is 6.92 Å². The third kappa shape index (κ3) is 7.46. The number of pyridine rings is 2. The van der Waals surface area contributed by atoms with Crippen molar-refractivity contribution in [2.45, 2.75) is 76.9 Å². The van der Waals surface area contributed by atoms with Crippen molar-refractivity contribution >= 4 is 34.7 Å². The predicted octanol–water partition coefficient (Wildman–Crippen LogP) is 4.18. The van der Waals surface area contributed by atoms with Gasteiger partial charge in [0.05, 0.1) is 22.6 Å². The van der Waals surface area contributed by atoms with E-state index < -0.39 is 5.97 Å². The SMILES string of the molecule is CCC(=O)c1cc2c(cn1)CC(=O)C(C#N)=C2N1CCC(C)(OC)CC1.COC1(C)CCN(C2=C(C#N)C(=O)Cc3cnc(C(=O)O)cc32)CC1. The van der Waals surface area contributed by atoms with Crippen LogP contribution in [0.15, 0.2) is 35.7 Å². The number of rotatable bonds is 7. The van der Waals surface area contributed by atoms with Gasteiger partial charge in [-0.25, -0.2) is 9.78 Å². The van der Waals surface area contributed by atoms with E-state index in [9.17, 15) is 34.8 Å². The maximum Gasteiger partial charge on any atom is 0.354 e. The molecule has 2 aliphatic heterocycles. The summed E-state index contributed by atoms with van der Waals surface area (Å²) in [6.07, 6.45) is 6.74. The Morgan fingerprint density at radius 2 is 1.18 bits per heavy atom. The van der Waals surface area contributed by atoms with E-state index >= 15 is 0 Å². The average molecular weight is 695 g/mol. The number of piperidine rings is 2. The topological polar surface area (TPSA) is 187 Å². The number of ketones is 3. The second-order valence-corrected chi connectivity index (χ2v) is 13.7. The zero-order valence-electron chi connectivity index (χ0n) is 29.7. The molecule has 0 unspecified atom stereocenters.